The van der Waals surface area contributed by atoms with Crippen LogP contribution in [0.15, 0.2) is 15.9 Å². The number of hydrogen-bond donors (Lipinski definition) is 7. The first-order valence-corrected chi connectivity index (χ1v) is 12.0. The van der Waals surface area contributed by atoms with Gasteiger partial charge in [0.15, 0.2) is 0 Å². The van der Waals surface area contributed by atoms with Gasteiger partial charge in [0.05, 0.1) is 13.7 Å². The molecule has 1 aliphatic rings. The lowest BCUT2D eigenvalue weighted by atomic mass is 10.1. The van der Waals surface area contributed by atoms with E-state index in [-0.39, 0.29) is 0 Å². The van der Waals surface area contributed by atoms with E-state index in [0.29, 0.717) is 4.57 Å². The third-order valence-electron chi connectivity index (χ3n) is 3.50. The van der Waals surface area contributed by atoms with Crippen molar-refractivity contribution in [3.05, 3.63) is 27.3 Å². The average molecular weight is 500 g/mol. The third kappa shape index (κ3) is 6.45. The van der Waals surface area contributed by atoms with Crippen LogP contribution in [0, 0.1) is 0 Å². The van der Waals surface area contributed by atoms with Crippen LogP contribution in [0.5, 0.6) is 0 Å². The first-order chi connectivity index (χ1) is 13.5. The standard InChI is InChI=1S/C9H16N3O15P3/c1-11-3-12(9(16)10-8(11)15)7-6(14)5(13)4(25-7)2-24-29(20,21)27-30(22,23)26-28(17,18)19/h3-7,13-14H,2H2,1H3,(H4-,10,15,16,17,18,19,20,21,22,23)/p+1/t4-,5?,6+,7-/m1/s1. The number of ether oxygens (including phenoxy) is 1. The fraction of sp³-hybridized carbons (Fsp3) is 0.667. The Labute approximate surface area is 165 Å². The number of phosphoric acid groups is 3. The fourth-order valence-electron chi connectivity index (χ4n) is 2.28. The molecular weight excluding hydrogens is 483 g/mol. The van der Waals surface area contributed by atoms with Gasteiger partial charge < -0.3 is 34.5 Å². The van der Waals surface area contributed by atoms with Gasteiger partial charge in [-0.2, -0.15) is 18.2 Å². The summed E-state index contributed by atoms with van der Waals surface area (Å²) in [6, 6.07) is 0. The second kappa shape index (κ2) is 8.80. The van der Waals surface area contributed by atoms with Crippen LogP contribution in [0.2, 0.25) is 0 Å². The van der Waals surface area contributed by atoms with Crippen LogP contribution >= 0.6 is 23.5 Å². The molecule has 0 amide bonds. The molecule has 0 spiro atoms. The molecule has 0 radical (unpaired) electrons. The normalized spacial score (nSPS) is 28.8. The highest BCUT2D eigenvalue weighted by molar-refractivity contribution is 7.66. The zero-order chi connectivity index (χ0) is 23.1. The van der Waals surface area contributed by atoms with Gasteiger partial charge in [-0.1, -0.05) is 0 Å². The van der Waals surface area contributed by atoms with E-state index >= 15 is 0 Å². The Morgan fingerprint density at radius 1 is 1.10 bits per heavy atom. The Bertz CT molecular complexity index is 1050. The van der Waals surface area contributed by atoms with Crippen molar-refractivity contribution < 1.29 is 65.9 Å². The number of rotatable bonds is 8. The van der Waals surface area contributed by atoms with Crippen molar-refractivity contribution in [2.75, 3.05) is 6.61 Å². The number of phosphoric ester groups is 1. The Kier molecular flexibility index (Phi) is 7.38. The second-order valence-corrected chi connectivity index (χ2v) is 10.2. The molecule has 3 unspecified atom stereocenters. The lowest BCUT2D eigenvalue weighted by molar-refractivity contribution is -0.694. The lowest BCUT2D eigenvalue weighted by Crippen LogP contribution is -2.54. The molecule has 1 aliphatic heterocycles. The van der Waals surface area contributed by atoms with Crippen LogP contribution in [-0.2, 0) is 38.6 Å². The van der Waals surface area contributed by atoms with Gasteiger partial charge in [0.2, 0.25) is 12.6 Å². The summed E-state index contributed by atoms with van der Waals surface area (Å²) in [4.78, 5) is 60.5. The smallest absolute Gasteiger partial charge is 0.387 e. The topological polar surface area (TPSA) is 268 Å². The Morgan fingerprint density at radius 2 is 1.70 bits per heavy atom. The van der Waals surface area contributed by atoms with Crippen LogP contribution < -0.4 is 15.9 Å². The van der Waals surface area contributed by atoms with E-state index in [1.165, 1.54) is 7.05 Å². The molecule has 7 N–H and O–H groups in total. The van der Waals surface area contributed by atoms with Crippen LogP contribution in [0.1, 0.15) is 6.23 Å². The Morgan fingerprint density at radius 3 is 2.27 bits per heavy atom. The molecule has 21 heteroatoms. The minimum absolute atomic E-state index is 0.708. The van der Waals surface area contributed by atoms with Gasteiger partial charge in [-0.25, -0.2) is 27.9 Å². The van der Waals surface area contributed by atoms with E-state index in [9.17, 15) is 38.4 Å². The zero-order valence-electron chi connectivity index (χ0n) is 14.7. The number of aliphatic hydroxyl groups is 2. The minimum atomic E-state index is -5.74. The zero-order valence-corrected chi connectivity index (χ0v) is 17.4. The Hall–Kier alpha value is -1.10. The van der Waals surface area contributed by atoms with Crippen LogP contribution in [-0.4, -0.2) is 64.3 Å². The van der Waals surface area contributed by atoms with Crippen molar-refractivity contribution in [1.29, 1.82) is 0 Å². The maximum absolute atomic E-state index is 11.9. The number of aromatic nitrogens is 3. The molecule has 1 aromatic rings. The molecule has 2 heterocycles. The van der Waals surface area contributed by atoms with Gasteiger partial charge >= 0.3 is 34.8 Å². The molecule has 0 bridgehead atoms. The van der Waals surface area contributed by atoms with Gasteiger partial charge in [-0.15, -0.1) is 0 Å². The SMILES string of the molecule is C[n+]1cn([C@@H]2O[C@H](COP(=O)(O)OP(=O)(O)OP(=O)(O)O)C(O)[C@@H]2O)c(=O)[nH]c1=O. The van der Waals surface area contributed by atoms with Crippen molar-refractivity contribution in [1.82, 2.24) is 9.55 Å². The highest BCUT2D eigenvalue weighted by atomic mass is 31.3. The number of aromatic amines is 1. The second-order valence-electron chi connectivity index (χ2n) is 5.80. The predicted molar refractivity (Wildman–Crippen MR) is 88.2 cm³/mol. The highest BCUT2D eigenvalue weighted by Crippen LogP contribution is 2.66. The highest BCUT2D eigenvalue weighted by Gasteiger charge is 2.48. The lowest BCUT2D eigenvalue weighted by Gasteiger charge is -2.18. The molecule has 2 rings (SSSR count). The van der Waals surface area contributed by atoms with Gasteiger partial charge in [0, 0.05) is 0 Å². The maximum Gasteiger partial charge on any atom is 0.490 e. The number of aryl methyl sites for hydroxylation is 1. The first kappa shape index (κ1) is 25.2. The minimum Gasteiger partial charge on any atom is -0.387 e. The van der Waals surface area contributed by atoms with Crippen molar-refractivity contribution in [3.63, 3.8) is 0 Å². The Balaban J connectivity index is 2.09. The monoisotopic (exact) mass is 500 g/mol. The number of nitrogens with one attached hydrogen (secondary N) is 1. The largest absolute Gasteiger partial charge is 0.490 e. The summed E-state index contributed by atoms with van der Waals surface area (Å²) in [5.41, 5.74) is -1.80. The summed E-state index contributed by atoms with van der Waals surface area (Å²) in [6.07, 6.45) is -5.77. The first-order valence-electron chi connectivity index (χ1n) is 7.52. The molecule has 0 aromatic carbocycles. The van der Waals surface area contributed by atoms with E-state index in [4.69, 9.17) is 19.4 Å². The molecule has 30 heavy (non-hydrogen) atoms. The summed E-state index contributed by atoms with van der Waals surface area (Å²) in [5.74, 6) is 0. The van der Waals surface area contributed by atoms with Crippen molar-refractivity contribution >= 4 is 23.5 Å². The molecule has 6 atom stereocenters. The van der Waals surface area contributed by atoms with Crippen molar-refractivity contribution in [2.24, 2.45) is 7.05 Å². The van der Waals surface area contributed by atoms with Gasteiger partial charge in [-0.05, 0) is 0 Å². The van der Waals surface area contributed by atoms with E-state index < -0.39 is 66.0 Å². The number of nitrogens with zero attached hydrogens (tertiary/aromatic N) is 2. The van der Waals surface area contributed by atoms with Crippen molar-refractivity contribution in [3.8, 4) is 0 Å². The molecule has 1 fully saturated rings. The molecule has 1 saturated heterocycles. The molecule has 1 aromatic heterocycles. The summed E-state index contributed by atoms with van der Waals surface area (Å²) < 4.78 is 51.7. The van der Waals surface area contributed by atoms with Crippen LogP contribution in [0.4, 0.5) is 0 Å². The molecule has 0 saturated carbocycles. The van der Waals surface area contributed by atoms with E-state index in [1.54, 1.807) is 0 Å². The summed E-state index contributed by atoms with van der Waals surface area (Å²) in [5, 5.41) is 20.1. The molecule has 0 aliphatic carbocycles. The van der Waals surface area contributed by atoms with Gasteiger partial charge in [0.1, 0.15) is 18.3 Å². The predicted octanol–water partition coefficient (Wildman–Crippen LogP) is -3.68. The quantitative estimate of drug-likeness (QED) is 0.134. The number of hydrogen-bond acceptors (Lipinski definition) is 11. The molecule has 18 nitrogen and oxygen atoms in total. The maximum atomic E-state index is 11.9. The summed E-state index contributed by atoms with van der Waals surface area (Å²) in [6.45, 7) is -1.05. The van der Waals surface area contributed by atoms with Crippen LogP contribution in [0.25, 0.3) is 0 Å². The van der Waals surface area contributed by atoms with E-state index in [2.05, 4.69) is 13.1 Å². The van der Waals surface area contributed by atoms with Crippen LogP contribution in [0.3, 0.4) is 0 Å². The van der Waals surface area contributed by atoms with Gasteiger partial charge in [0.25, 0.3) is 0 Å². The molecule has 172 valence electrons. The number of H-pyrrole nitrogens is 1. The van der Waals surface area contributed by atoms with Gasteiger partial charge in [-0.3, -0.25) is 4.52 Å². The fourth-order valence-corrected chi connectivity index (χ4v) is 5.31. The molecular formula is C9H17N3O15P3+. The van der Waals surface area contributed by atoms with E-state index in [0.717, 1.165) is 10.9 Å². The third-order valence-corrected chi connectivity index (χ3v) is 7.30. The summed E-state index contributed by atoms with van der Waals surface area (Å²) >= 11 is 0. The van der Waals surface area contributed by atoms with E-state index in [1.807, 2.05) is 4.98 Å². The number of aliphatic hydroxyl groups excluding tert-OH is 2. The average Bonchev–Trinajstić information content (AvgIpc) is 2.81. The summed E-state index contributed by atoms with van der Waals surface area (Å²) in [7, 11) is -15.5. The van der Waals surface area contributed by atoms with Crippen molar-refractivity contribution in [2.45, 2.75) is 24.5 Å².